The van der Waals surface area contributed by atoms with Gasteiger partial charge in [0, 0.05) is 31.1 Å². The summed E-state index contributed by atoms with van der Waals surface area (Å²) in [6, 6.07) is 3.41. The van der Waals surface area contributed by atoms with E-state index >= 15 is 0 Å². The molecular weight excluding hydrogens is 480 g/mol. The number of imidazole rings is 1. The van der Waals surface area contributed by atoms with E-state index in [-0.39, 0.29) is 35.7 Å². The molecular formula is C26H35F2N7O2. The number of nitrogens with one attached hydrogen (secondary N) is 3. The average molecular weight is 516 g/mol. The van der Waals surface area contributed by atoms with Crippen molar-refractivity contribution in [2.75, 3.05) is 18.1 Å². The van der Waals surface area contributed by atoms with Gasteiger partial charge in [0.2, 0.25) is 11.9 Å². The molecule has 2 aliphatic carbocycles. The van der Waals surface area contributed by atoms with Gasteiger partial charge in [-0.05, 0) is 63.5 Å². The summed E-state index contributed by atoms with van der Waals surface area (Å²) in [4.78, 5) is 20.8. The molecule has 0 radical (unpaired) electrons. The highest BCUT2D eigenvalue weighted by atomic mass is 19.1. The molecule has 1 heterocycles. The number of hydrogen-bond acceptors (Lipinski definition) is 7. The smallest absolute Gasteiger partial charge is 0.222 e. The Hall–Kier alpha value is -3.47. The van der Waals surface area contributed by atoms with Gasteiger partial charge in [0.25, 0.3) is 0 Å². The Labute approximate surface area is 215 Å². The van der Waals surface area contributed by atoms with E-state index in [4.69, 9.17) is 5.73 Å². The van der Waals surface area contributed by atoms with Gasteiger partial charge in [-0.1, -0.05) is 6.58 Å². The second kappa shape index (κ2) is 11.7. The molecule has 0 aliphatic heterocycles. The fourth-order valence-corrected chi connectivity index (χ4v) is 5.16. The Kier molecular flexibility index (Phi) is 8.42. The van der Waals surface area contributed by atoms with Crippen molar-refractivity contribution in [2.24, 2.45) is 10.9 Å². The number of hydrogen-bond donors (Lipinski definition) is 5. The van der Waals surface area contributed by atoms with Crippen molar-refractivity contribution in [2.45, 2.75) is 69.6 Å². The number of aliphatic hydroxyl groups excluding tert-OH is 1. The Morgan fingerprint density at radius 3 is 2.54 bits per heavy atom. The molecule has 4 rings (SSSR count). The maximum absolute atomic E-state index is 14.4. The van der Waals surface area contributed by atoms with Gasteiger partial charge in [0.15, 0.2) is 0 Å². The number of nitrogens with zero attached hydrogens (tertiary/aromatic N) is 3. The monoisotopic (exact) mass is 515 g/mol. The molecule has 0 saturated heterocycles. The zero-order valence-corrected chi connectivity index (χ0v) is 21.0. The SMILES string of the molecule is C=C(/N=C\c1nc(Nc2ccc(F)cc2F)n([C@H]2CC[C@@H](O)CC2)c1N)NC1CCC(C(=O)NC)CC1. The van der Waals surface area contributed by atoms with Crippen LogP contribution in [0.2, 0.25) is 0 Å². The van der Waals surface area contributed by atoms with E-state index in [2.05, 4.69) is 32.5 Å². The highest BCUT2D eigenvalue weighted by Gasteiger charge is 2.27. The molecule has 1 aromatic heterocycles. The lowest BCUT2D eigenvalue weighted by Gasteiger charge is -2.28. The third kappa shape index (κ3) is 6.46. The van der Waals surface area contributed by atoms with Crippen molar-refractivity contribution in [3.8, 4) is 0 Å². The quantitative estimate of drug-likeness (QED) is 0.341. The van der Waals surface area contributed by atoms with Crippen LogP contribution in [0.15, 0.2) is 35.6 Å². The van der Waals surface area contributed by atoms with Gasteiger partial charge < -0.3 is 26.8 Å². The van der Waals surface area contributed by atoms with Gasteiger partial charge in [-0.3, -0.25) is 9.36 Å². The molecule has 2 aromatic rings. The number of carbonyl (C=O) groups is 1. The number of amides is 1. The van der Waals surface area contributed by atoms with Crippen LogP contribution in [0.1, 0.15) is 63.1 Å². The third-order valence-corrected chi connectivity index (χ3v) is 7.24. The first-order valence-electron chi connectivity index (χ1n) is 12.7. The van der Waals surface area contributed by atoms with Gasteiger partial charge in [-0.15, -0.1) is 0 Å². The molecule has 9 nitrogen and oxygen atoms in total. The van der Waals surface area contributed by atoms with E-state index in [0.29, 0.717) is 49.0 Å². The summed E-state index contributed by atoms with van der Waals surface area (Å²) >= 11 is 0. The number of aromatic nitrogens is 2. The van der Waals surface area contributed by atoms with Gasteiger partial charge in [-0.25, -0.2) is 18.8 Å². The lowest BCUT2D eigenvalue weighted by Crippen LogP contribution is -2.36. The number of benzene rings is 1. The van der Waals surface area contributed by atoms with Crippen molar-refractivity contribution < 1.29 is 18.7 Å². The van der Waals surface area contributed by atoms with E-state index in [9.17, 15) is 18.7 Å². The van der Waals surface area contributed by atoms with Crippen molar-refractivity contribution in [3.05, 3.63) is 47.9 Å². The van der Waals surface area contributed by atoms with Crippen LogP contribution < -0.4 is 21.7 Å². The normalized spacial score (nSPS) is 24.1. The number of nitrogen functional groups attached to an aromatic ring is 1. The molecule has 2 fully saturated rings. The fraction of sp³-hybridized carbons (Fsp3) is 0.500. The molecule has 6 N–H and O–H groups in total. The Morgan fingerprint density at radius 1 is 1.19 bits per heavy atom. The van der Waals surface area contributed by atoms with Crippen molar-refractivity contribution in [3.63, 3.8) is 0 Å². The number of carbonyl (C=O) groups excluding carboxylic acids is 1. The van der Waals surface area contributed by atoms with Crippen molar-refractivity contribution >= 4 is 29.6 Å². The van der Waals surface area contributed by atoms with Crippen LogP contribution in [-0.2, 0) is 4.79 Å². The van der Waals surface area contributed by atoms with Crippen LogP contribution in [0, 0.1) is 17.6 Å². The van der Waals surface area contributed by atoms with E-state index in [1.165, 1.54) is 18.3 Å². The van der Waals surface area contributed by atoms with Gasteiger partial charge >= 0.3 is 0 Å². The number of halogens is 2. The van der Waals surface area contributed by atoms with E-state index in [0.717, 1.165) is 31.7 Å². The maximum Gasteiger partial charge on any atom is 0.222 e. The molecule has 0 unspecified atom stereocenters. The van der Waals surface area contributed by atoms with Crippen molar-refractivity contribution in [1.82, 2.24) is 20.2 Å². The van der Waals surface area contributed by atoms with Crippen LogP contribution in [0.3, 0.4) is 0 Å². The fourth-order valence-electron chi connectivity index (χ4n) is 5.16. The first kappa shape index (κ1) is 26.6. The predicted octanol–water partition coefficient (Wildman–Crippen LogP) is 3.75. The minimum absolute atomic E-state index is 0.0408. The van der Waals surface area contributed by atoms with Crippen LogP contribution in [0.25, 0.3) is 0 Å². The lowest BCUT2D eigenvalue weighted by molar-refractivity contribution is -0.125. The van der Waals surface area contributed by atoms with E-state index < -0.39 is 11.6 Å². The van der Waals surface area contributed by atoms with Gasteiger partial charge in [-0.2, -0.15) is 0 Å². The number of rotatable bonds is 8. The molecule has 0 bridgehead atoms. The zero-order valence-electron chi connectivity index (χ0n) is 21.0. The number of aliphatic hydroxyl groups is 1. The minimum atomic E-state index is -0.744. The van der Waals surface area contributed by atoms with E-state index in [1.54, 1.807) is 11.6 Å². The van der Waals surface area contributed by atoms with E-state index in [1.807, 2.05) is 0 Å². The molecule has 2 aliphatic rings. The largest absolute Gasteiger partial charge is 0.393 e. The number of aliphatic imine (C=N–C) groups is 1. The molecule has 37 heavy (non-hydrogen) atoms. The summed E-state index contributed by atoms with van der Waals surface area (Å²) in [6.45, 7) is 3.99. The number of anilines is 3. The first-order chi connectivity index (χ1) is 17.7. The summed E-state index contributed by atoms with van der Waals surface area (Å²) in [7, 11) is 1.66. The molecule has 0 spiro atoms. The summed E-state index contributed by atoms with van der Waals surface area (Å²) in [5.41, 5.74) is 6.94. The first-order valence-corrected chi connectivity index (χ1v) is 12.7. The minimum Gasteiger partial charge on any atom is -0.393 e. The van der Waals surface area contributed by atoms with Crippen LogP contribution in [0.5, 0.6) is 0 Å². The van der Waals surface area contributed by atoms with Crippen LogP contribution in [0.4, 0.5) is 26.2 Å². The molecule has 2 saturated carbocycles. The van der Waals surface area contributed by atoms with Crippen molar-refractivity contribution in [1.29, 1.82) is 0 Å². The van der Waals surface area contributed by atoms with Crippen LogP contribution >= 0.6 is 0 Å². The van der Waals surface area contributed by atoms with Gasteiger partial charge in [0.1, 0.15) is 29.0 Å². The summed E-state index contributed by atoms with van der Waals surface area (Å²) in [6.07, 6.45) is 7.07. The second-order valence-corrected chi connectivity index (χ2v) is 9.80. The third-order valence-electron chi connectivity index (χ3n) is 7.24. The molecule has 1 amide bonds. The highest BCUT2D eigenvalue weighted by Crippen LogP contribution is 2.35. The topological polar surface area (TPSA) is 130 Å². The maximum atomic E-state index is 14.4. The molecule has 11 heteroatoms. The second-order valence-electron chi connectivity index (χ2n) is 9.80. The summed E-state index contributed by atoms with van der Waals surface area (Å²) in [5.74, 6) is -0.164. The highest BCUT2D eigenvalue weighted by molar-refractivity contribution is 5.85. The predicted molar refractivity (Wildman–Crippen MR) is 139 cm³/mol. The number of nitrogens with two attached hydrogens (primary N) is 1. The molecule has 200 valence electrons. The average Bonchev–Trinajstić information content (AvgIpc) is 3.19. The molecule has 0 atom stereocenters. The Balaban J connectivity index is 1.49. The zero-order chi connectivity index (χ0) is 26.5. The van der Waals surface area contributed by atoms with Gasteiger partial charge in [0.05, 0.1) is 18.0 Å². The summed E-state index contributed by atoms with van der Waals surface area (Å²) in [5, 5.41) is 18.9. The molecule has 1 aromatic carbocycles. The summed E-state index contributed by atoms with van der Waals surface area (Å²) < 4.78 is 29.6. The van der Waals surface area contributed by atoms with Crippen LogP contribution in [-0.4, -0.2) is 46.0 Å². The lowest BCUT2D eigenvalue weighted by atomic mass is 9.85. The standard InChI is InChI=1S/C26H35F2N7O2/c1-15(32-18-6-3-16(4-7-18)25(37)30-2)31-14-23-24(29)35(19-8-10-20(36)11-9-19)26(34-23)33-22-12-5-17(27)13-21(22)28/h5,12-14,16,18-20,32,36H,1,3-4,6-11,29H2,2H3,(H,30,37)(H,33,34)/b31-14-/t16?,18?,19-,20+. The Bertz CT molecular complexity index is 1150. The Morgan fingerprint density at radius 2 is 1.89 bits per heavy atom.